The zero-order chi connectivity index (χ0) is 15.6. The van der Waals surface area contributed by atoms with E-state index in [1.54, 1.807) is 23.0 Å². The Bertz CT molecular complexity index is 780. The lowest BCUT2D eigenvalue weighted by atomic mass is 10.1. The van der Waals surface area contributed by atoms with E-state index in [9.17, 15) is 4.39 Å². The molecule has 1 aliphatic heterocycles. The molecule has 0 bridgehead atoms. The summed E-state index contributed by atoms with van der Waals surface area (Å²) in [4.78, 5) is 2.39. The van der Waals surface area contributed by atoms with Crippen molar-refractivity contribution in [1.82, 2.24) is 24.9 Å². The first-order chi connectivity index (χ1) is 11.3. The summed E-state index contributed by atoms with van der Waals surface area (Å²) in [5.41, 5.74) is 2.57. The highest BCUT2D eigenvalue weighted by molar-refractivity contribution is 5.32. The molecule has 1 saturated heterocycles. The Morgan fingerprint density at radius 2 is 2.13 bits per heavy atom. The number of para-hydroxylation sites is 1. The molecule has 0 radical (unpaired) electrons. The SMILES string of the molecule is Fc1ccccc1-n1ccc(CN2CCC[C@H]2c2ccn[nH]2)n1. The Morgan fingerprint density at radius 3 is 2.96 bits per heavy atom. The average Bonchev–Trinajstić information content (AvgIpc) is 3.29. The quantitative estimate of drug-likeness (QED) is 0.805. The van der Waals surface area contributed by atoms with Crippen molar-refractivity contribution in [3.05, 3.63) is 66.0 Å². The molecule has 0 spiro atoms. The van der Waals surface area contributed by atoms with Crippen LogP contribution in [0.3, 0.4) is 0 Å². The number of nitrogens with zero attached hydrogens (tertiary/aromatic N) is 4. The molecule has 0 saturated carbocycles. The third-order valence-corrected chi connectivity index (χ3v) is 4.35. The first-order valence-corrected chi connectivity index (χ1v) is 7.84. The summed E-state index contributed by atoms with van der Waals surface area (Å²) >= 11 is 0. The summed E-state index contributed by atoms with van der Waals surface area (Å²) in [6.07, 6.45) is 5.89. The van der Waals surface area contributed by atoms with Gasteiger partial charge in [-0.15, -0.1) is 0 Å². The Labute approximate surface area is 133 Å². The second-order valence-electron chi connectivity index (χ2n) is 5.84. The van der Waals surface area contributed by atoms with Crippen LogP contribution in [0.5, 0.6) is 0 Å². The monoisotopic (exact) mass is 311 g/mol. The normalized spacial score (nSPS) is 18.6. The van der Waals surface area contributed by atoms with Crippen LogP contribution in [-0.2, 0) is 6.54 Å². The molecule has 1 aliphatic rings. The van der Waals surface area contributed by atoms with Gasteiger partial charge in [0.1, 0.15) is 11.5 Å². The molecule has 6 heteroatoms. The molecule has 0 unspecified atom stereocenters. The fourth-order valence-electron chi connectivity index (χ4n) is 3.25. The van der Waals surface area contributed by atoms with Crippen molar-refractivity contribution >= 4 is 0 Å². The van der Waals surface area contributed by atoms with Gasteiger partial charge in [0.15, 0.2) is 0 Å². The predicted molar refractivity (Wildman–Crippen MR) is 84.5 cm³/mol. The van der Waals surface area contributed by atoms with Gasteiger partial charge in [0, 0.05) is 18.9 Å². The van der Waals surface area contributed by atoms with Gasteiger partial charge in [-0.25, -0.2) is 9.07 Å². The lowest BCUT2D eigenvalue weighted by molar-refractivity contribution is 0.241. The lowest BCUT2D eigenvalue weighted by Crippen LogP contribution is -2.23. The number of hydrogen-bond donors (Lipinski definition) is 1. The minimum atomic E-state index is -0.265. The Balaban J connectivity index is 1.53. The van der Waals surface area contributed by atoms with Gasteiger partial charge in [0.05, 0.1) is 17.4 Å². The summed E-state index contributed by atoms with van der Waals surface area (Å²) < 4.78 is 15.5. The first-order valence-electron chi connectivity index (χ1n) is 7.84. The smallest absolute Gasteiger partial charge is 0.148 e. The largest absolute Gasteiger partial charge is 0.289 e. The van der Waals surface area contributed by atoms with Crippen LogP contribution in [0, 0.1) is 5.82 Å². The summed E-state index contributed by atoms with van der Waals surface area (Å²) in [7, 11) is 0. The number of benzene rings is 1. The van der Waals surface area contributed by atoms with E-state index in [0.29, 0.717) is 11.7 Å². The number of halogens is 1. The van der Waals surface area contributed by atoms with Crippen LogP contribution in [0.15, 0.2) is 48.8 Å². The van der Waals surface area contributed by atoms with Crippen molar-refractivity contribution in [3.8, 4) is 5.69 Å². The Hall–Kier alpha value is -2.47. The minimum Gasteiger partial charge on any atom is -0.289 e. The highest BCUT2D eigenvalue weighted by Gasteiger charge is 2.27. The molecule has 1 N–H and O–H groups in total. The fraction of sp³-hybridized carbons (Fsp3) is 0.294. The maximum atomic E-state index is 13.9. The lowest BCUT2D eigenvalue weighted by Gasteiger charge is -2.22. The number of H-pyrrole nitrogens is 1. The van der Waals surface area contributed by atoms with Gasteiger partial charge < -0.3 is 0 Å². The van der Waals surface area contributed by atoms with Gasteiger partial charge in [-0.3, -0.25) is 10.00 Å². The summed E-state index contributed by atoms with van der Waals surface area (Å²) in [6.45, 7) is 1.79. The minimum absolute atomic E-state index is 0.265. The van der Waals surface area contributed by atoms with Gasteiger partial charge in [-0.1, -0.05) is 12.1 Å². The van der Waals surface area contributed by atoms with Crippen LogP contribution in [-0.4, -0.2) is 31.4 Å². The molecular weight excluding hydrogens is 293 g/mol. The number of likely N-dealkylation sites (tertiary alicyclic amines) is 1. The van der Waals surface area contributed by atoms with Crippen LogP contribution in [0.4, 0.5) is 4.39 Å². The second kappa shape index (κ2) is 5.96. The van der Waals surface area contributed by atoms with Gasteiger partial charge >= 0.3 is 0 Å². The number of aromatic amines is 1. The number of nitrogens with one attached hydrogen (secondary N) is 1. The van der Waals surface area contributed by atoms with Crippen molar-refractivity contribution in [2.45, 2.75) is 25.4 Å². The molecule has 3 aromatic rings. The number of aromatic nitrogens is 4. The highest BCUT2D eigenvalue weighted by atomic mass is 19.1. The van der Waals surface area contributed by atoms with Gasteiger partial charge in [0.25, 0.3) is 0 Å². The molecular formula is C17H18FN5. The van der Waals surface area contributed by atoms with E-state index in [1.807, 2.05) is 24.4 Å². The highest BCUT2D eigenvalue weighted by Crippen LogP contribution is 2.31. The summed E-state index contributed by atoms with van der Waals surface area (Å²) in [5, 5.41) is 11.6. The molecule has 0 aliphatic carbocycles. The average molecular weight is 311 g/mol. The molecule has 1 fully saturated rings. The van der Waals surface area contributed by atoms with Crippen molar-refractivity contribution in [1.29, 1.82) is 0 Å². The fourth-order valence-corrected chi connectivity index (χ4v) is 3.25. The van der Waals surface area contributed by atoms with E-state index in [1.165, 1.54) is 6.07 Å². The first kappa shape index (κ1) is 14.1. The van der Waals surface area contributed by atoms with Crippen molar-refractivity contribution in [2.24, 2.45) is 0 Å². The van der Waals surface area contributed by atoms with E-state index < -0.39 is 0 Å². The maximum absolute atomic E-state index is 13.9. The zero-order valence-corrected chi connectivity index (χ0v) is 12.7. The molecule has 1 atom stereocenters. The van der Waals surface area contributed by atoms with Crippen LogP contribution >= 0.6 is 0 Å². The molecule has 3 heterocycles. The van der Waals surface area contributed by atoms with Crippen molar-refractivity contribution in [2.75, 3.05) is 6.54 Å². The van der Waals surface area contributed by atoms with Gasteiger partial charge in [-0.05, 0) is 43.7 Å². The molecule has 118 valence electrons. The molecule has 5 nitrogen and oxygen atoms in total. The van der Waals surface area contributed by atoms with Crippen molar-refractivity contribution < 1.29 is 4.39 Å². The van der Waals surface area contributed by atoms with Crippen LogP contribution in [0.25, 0.3) is 5.69 Å². The predicted octanol–water partition coefficient (Wildman–Crippen LogP) is 3.07. The van der Waals surface area contributed by atoms with Crippen LogP contribution in [0.2, 0.25) is 0 Å². The van der Waals surface area contributed by atoms with Gasteiger partial charge in [-0.2, -0.15) is 10.2 Å². The molecule has 4 rings (SSSR count). The third-order valence-electron chi connectivity index (χ3n) is 4.35. The molecule has 23 heavy (non-hydrogen) atoms. The second-order valence-corrected chi connectivity index (χ2v) is 5.84. The Morgan fingerprint density at radius 1 is 1.22 bits per heavy atom. The van der Waals surface area contributed by atoms with Crippen LogP contribution < -0.4 is 0 Å². The van der Waals surface area contributed by atoms with Gasteiger partial charge in [0.2, 0.25) is 0 Å². The van der Waals surface area contributed by atoms with E-state index in [2.05, 4.69) is 20.2 Å². The Kier molecular flexibility index (Phi) is 3.67. The molecule has 1 aromatic carbocycles. The van der Waals surface area contributed by atoms with E-state index >= 15 is 0 Å². The third kappa shape index (κ3) is 2.77. The summed E-state index contributed by atoms with van der Waals surface area (Å²) in [6, 6.07) is 11.0. The summed E-state index contributed by atoms with van der Waals surface area (Å²) in [5.74, 6) is -0.265. The van der Waals surface area contributed by atoms with E-state index in [-0.39, 0.29) is 5.82 Å². The van der Waals surface area contributed by atoms with Crippen LogP contribution in [0.1, 0.15) is 30.3 Å². The topological polar surface area (TPSA) is 49.7 Å². The standard InChI is InChI=1S/C17H18FN5/c18-14-4-1-2-5-16(14)23-11-8-13(21-23)12-22-10-3-6-17(22)15-7-9-19-20-15/h1-2,4-5,7-9,11,17H,3,6,10,12H2,(H,19,20)/t17-/m0/s1. The zero-order valence-electron chi connectivity index (χ0n) is 12.7. The van der Waals surface area contributed by atoms with Crippen molar-refractivity contribution in [3.63, 3.8) is 0 Å². The maximum Gasteiger partial charge on any atom is 0.148 e. The van der Waals surface area contributed by atoms with E-state index in [0.717, 1.165) is 37.3 Å². The van der Waals surface area contributed by atoms with E-state index in [4.69, 9.17) is 0 Å². The molecule has 2 aromatic heterocycles. The number of hydrogen-bond acceptors (Lipinski definition) is 3. The molecule has 0 amide bonds. The number of rotatable bonds is 4.